The highest BCUT2D eigenvalue weighted by Gasteiger charge is 2.14. The fourth-order valence-corrected chi connectivity index (χ4v) is 3.00. The highest BCUT2D eigenvalue weighted by Crippen LogP contribution is 2.11. The zero-order valence-corrected chi connectivity index (χ0v) is 17.2. The summed E-state index contributed by atoms with van der Waals surface area (Å²) in [5, 5.41) is 6.68. The van der Waals surface area contributed by atoms with Gasteiger partial charge in [0.25, 0.3) is 0 Å². The third kappa shape index (κ3) is 9.22. The molecule has 0 spiro atoms. The maximum atomic E-state index is 5.70. The van der Waals surface area contributed by atoms with Gasteiger partial charge in [0, 0.05) is 32.8 Å². The lowest BCUT2D eigenvalue weighted by Crippen LogP contribution is -2.38. The van der Waals surface area contributed by atoms with Gasteiger partial charge in [0.2, 0.25) is 0 Å². The van der Waals surface area contributed by atoms with Gasteiger partial charge in [-0.15, -0.1) is 0 Å². The van der Waals surface area contributed by atoms with Crippen LogP contribution >= 0.6 is 0 Å². The number of nitrogens with one attached hydrogen (secondary N) is 2. The topological polar surface area (TPSA) is 58.1 Å². The second-order valence-electron chi connectivity index (χ2n) is 7.24. The van der Waals surface area contributed by atoms with Crippen molar-refractivity contribution >= 4 is 5.96 Å². The number of guanidine groups is 1. The van der Waals surface area contributed by atoms with Crippen LogP contribution in [0.25, 0.3) is 0 Å². The summed E-state index contributed by atoms with van der Waals surface area (Å²) in [6.07, 6.45) is 3.55. The van der Waals surface area contributed by atoms with E-state index in [1.165, 1.54) is 11.1 Å². The van der Waals surface area contributed by atoms with E-state index in [2.05, 4.69) is 65.8 Å². The van der Waals surface area contributed by atoms with Gasteiger partial charge in [-0.2, -0.15) is 0 Å². The highest BCUT2D eigenvalue weighted by atomic mass is 16.5. The Labute approximate surface area is 164 Å². The molecule has 0 aromatic heterocycles. The van der Waals surface area contributed by atoms with Crippen LogP contribution in [0.1, 0.15) is 37.3 Å². The van der Waals surface area contributed by atoms with Gasteiger partial charge in [0.05, 0.1) is 19.3 Å². The number of aliphatic imine (C=N–C) groups is 1. The first-order valence-corrected chi connectivity index (χ1v) is 10.1. The summed E-state index contributed by atoms with van der Waals surface area (Å²) < 4.78 is 11.3. The molecule has 1 aliphatic rings. The molecule has 0 amide bonds. The molecule has 2 rings (SSSR count). The first-order chi connectivity index (χ1) is 13.2. The van der Waals surface area contributed by atoms with Crippen LogP contribution < -0.4 is 10.6 Å². The van der Waals surface area contributed by atoms with E-state index in [4.69, 9.17) is 9.47 Å². The molecule has 1 atom stereocenters. The Morgan fingerprint density at radius 1 is 1.22 bits per heavy atom. The predicted octanol–water partition coefficient (Wildman–Crippen LogP) is 2.39. The molecule has 1 heterocycles. The van der Waals surface area contributed by atoms with E-state index in [-0.39, 0.29) is 0 Å². The van der Waals surface area contributed by atoms with Crippen molar-refractivity contribution in [3.05, 3.63) is 35.4 Å². The van der Waals surface area contributed by atoms with Gasteiger partial charge in [-0.05, 0) is 51.4 Å². The van der Waals surface area contributed by atoms with Gasteiger partial charge in [-0.25, -0.2) is 4.99 Å². The summed E-state index contributed by atoms with van der Waals surface area (Å²) >= 11 is 0. The Morgan fingerprint density at radius 3 is 2.67 bits per heavy atom. The third-order valence-electron chi connectivity index (χ3n) is 4.37. The fourth-order valence-electron chi connectivity index (χ4n) is 3.00. The number of hydrogen-bond donors (Lipinski definition) is 2. The highest BCUT2D eigenvalue weighted by molar-refractivity contribution is 5.79. The van der Waals surface area contributed by atoms with Crippen LogP contribution in [0.15, 0.2) is 29.3 Å². The van der Waals surface area contributed by atoms with Crippen molar-refractivity contribution in [2.45, 2.75) is 45.4 Å². The molecule has 0 aliphatic carbocycles. The van der Waals surface area contributed by atoms with Gasteiger partial charge < -0.3 is 25.0 Å². The first-order valence-electron chi connectivity index (χ1n) is 10.1. The molecule has 1 aliphatic heterocycles. The lowest BCUT2D eigenvalue weighted by Gasteiger charge is -2.13. The minimum Gasteiger partial charge on any atom is -0.379 e. The average Bonchev–Trinajstić information content (AvgIpc) is 3.16. The zero-order chi connectivity index (χ0) is 19.3. The van der Waals surface area contributed by atoms with Crippen LogP contribution in [0.4, 0.5) is 0 Å². The second kappa shape index (κ2) is 12.7. The molecule has 0 bridgehead atoms. The van der Waals surface area contributed by atoms with E-state index < -0.39 is 0 Å². The Balaban J connectivity index is 1.66. The van der Waals surface area contributed by atoms with Gasteiger partial charge in [-0.1, -0.05) is 24.3 Å². The van der Waals surface area contributed by atoms with Crippen LogP contribution in [0, 0.1) is 0 Å². The molecule has 1 saturated heterocycles. The molecular formula is C21H36N4O2. The van der Waals surface area contributed by atoms with Crippen LogP contribution in [0.2, 0.25) is 0 Å². The molecule has 27 heavy (non-hydrogen) atoms. The van der Waals surface area contributed by atoms with Crippen LogP contribution in [0.5, 0.6) is 0 Å². The number of ether oxygens (including phenoxy) is 2. The van der Waals surface area contributed by atoms with E-state index >= 15 is 0 Å². The van der Waals surface area contributed by atoms with Crippen molar-refractivity contribution in [3.63, 3.8) is 0 Å². The monoisotopic (exact) mass is 376 g/mol. The van der Waals surface area contributed by atoms with Crippen molar-refractivity contribution in [2.75, 3.05) is 47.0 Å². The normalized spacial score (nSPS) is 17.5. The summed E-state index contributed by atoms with van der Waals surface area (Å²) in [7, 11) is 4.17. The average molecular weight is 377 g/mol. The van der Waals surface area contributed by atoms with Gasteiger partial charge in [0.15, 0.2) is 5.96 Å². The van der Waals surface area contributed by atoms with Gasteiger partial charge in [-0.3, -0.25) is 0 Å². The molecule has 1 unspecified atom stereocenters. The van der Waals surface area contributed by atoms with Crippen LogP contribution in [0.3, 0.4) is 0 Å². The van der Waals surface area contributed by atoms with Crippen molar-refractivity contribution in [3.8, 4) is 0 Å². The quantitative estimate of drug-likeness (QED) is 0.353. The van der Waals surface area contributed by atoms with Crippen molar-refractivity contribution in [1.82, 2.24) is 15.5 Å². The Morgan fingerprint density at radius 2 is 2.00 bits per heavy atom. The summed E-state index contributed by atoms with van der Waals surface area (Å²) in [6.45, 7) is 7.77. The number of rotatable bonds is 11. The second-order valence-corrected chi connectivity index (χ2v) is 7.24. The molecule has 1 fully saturated rings. The smallest absolute Gasteiger partial charge is 0.191 e. The molecule has 152 valence electrons. The third-order valence-corrected chi connectivity index (χ3v) is 4.37. The number of benzene rings is 1. The molecule has 1 aromatic carbocycles. The maximum Gasteiger partial charge on any atom is 0.191 e. The van der Waals surface area contributed by atoms with E-state index in [9.17, 15) is 0 Å². The molecule has 6 heteroatoms. The zero-order valence-electron chi connectivity index (χ0n) is 17.2. The summed E-state index contributed by atoms with van der Waals surface area (Å²) in [5.74, 6) is 0.856. The van der Waals surface area contributed by atoms with Crippen molar-refractivity contribution in [2.24, 2.45) is 4.99 Å². The largest absolute Gasteiger partial charge is 0.379 e. The summed E-state index contributed by atoms with van der Waals surface area (Å²) in [6, 6.07) is 8.67. The molecule has 1 aromatic rings. The van der Waals surface area contributed by atoms with Crippen molar-refractivity contribution in [1.29, 1.82) is 0 Å². The van der Waals surface area contributed by atoms with E-state index in [1.807, 2.05) is 0 Å². The van der Waals surface area contributed by atoms with E-state index in [0.717, 1.165) is 64.7 Å². The van der Waals surface area contributed by atoms with Gasteiger partial charge >= 0.3 is 0 Å². The predicted molar refractivity (Wildman–Crippen MR) is 111 cm³/mol. The SMILES string of the molecule is CCNC(=NCc1ccc(CN(C)C)cc1)NCCCOCC1CCCO1. The Kier molecular flexibility index (Phi) is 10.2. The standard InChI is InChI=1S/C21H36N4O2/c1-4-22-21(23-12-6-13-26-17-20-7-5-14-27-20)24-15-18-8-10-19(11-9-18)16-25(2)3/h8-11,20H,4-7,12-17H2,1-3H3,(H2,22,23,24). The number of nitrogens with zero attached hydrogens (tertiary/aromatic N) is 2. The first kappa shape index (κ1) is 21.7. The minimum atomic E-state index is 0.306. The number of hydrogen-bond acceptors (Lipinski definition) is 4. The fraction of sp³-hybridized carbons (Fsp3) is 0.667. The molecule has 6 nitrogen and oxygen atoms in total. The van der Waals surface area contributed by atoms with Crippen LogP contribution in [-0.2, 0) is 22.6 Å². The molecule has 2 N–H and O–H groups in total. The molecule has 0 saturated carbocycles. The van der Waals surface area contributed by atoms with Gasteiger partial charge in [0.1, 0.15) is 0 Å². The Hall–Kier alpha value is -1.63. The Bertz CT molecular complexity index is 540. The minimum absolute atomic E-state index is 0.306. The molecule has 0 radical (unpaired) electrons. The van der Waals surface area contributed by atoms with E-state index in [1.54, 1.807) is 0 Å². The van der Waals surface area contributed by atoms with Crippen LogP contribution in [-0.4, -0.2) is 64.0 Å². The lowest BCUT2D eigenvalue weighted by molar-refractivity contribution is 0.0168. The summed E-state index contributed by atoms with van der Waals surface area (Å²) in [5.41, 5.74) is 2.54. The van der Waals surface area contributed by atoms with Crippen molar-refractivity contribution < 1.29 is 9.47 Å². The molecular weight excluding hydrogens is 340 g/mol. The van der Waals surface area contributed by atoms with E-state index in [0.29, 0.717) is 12.6 Å². The lowest BCUT2D eigenvalue weighted by atomic mass is 10.1. The maximum absolute atomic E-state index is 5.70. The summed E-state index contributed by atoms with van der Waals surface area (Å²) in [4.78, 5) is 6.85.